The van der Waals surface area contributed by atoms with Crippen molar-refractivity contribution in [3.8, 4) is 5.75 Å². The Labute approximate surface area is 256 Å². The number of hydrogen-bond donors (Lipinski definition) is 2. The second kappa shape index (κ2) is 13.5. The quantitative estimate of drug-likeness (QED) is 0.429. The van der Waals surface area contributed by atoms with Gasteiger partial charge in [-0.1, -0.05) is 18.2 Å². The van der Waals surface area contributed by atoms with Crippen LogP contribution in [0.1, 0.15) is 36.4 Å². The number of anilines is 1. The summed E-state index contributed by atoms with van der Waals surface area (Å²) in [5.74, 6) is -1.71. The lowest BCUT2D eigenvalue weighted by Crippen LogP contribution is -2.43. The topological polar surface area (TPSA) is 116 Å². The van der Waals surface area contributed by atoms with Gasteiger partial charge in [-0.15, -0.1) is 13.2 Å². The summed E-state index contributed by atoms with van der Waals surface area (Å²) in [5, 5.41) is 12.6. The van der Waals surface area contributed by atoms with E-state index in [1.54, 1.807) is 11.0 Å². The summed E-state index contributed by atoms with van der Waals surface area (Å²) in [5.41, 5.74) is 1.09. The molecule has 15 heteroatoms. The fraction of sp³-hybridized carbons (Fsp3) is 0.481. The zero-order chi connectivity index (χ0) is 28.7. The van der Waals surface area contributed by atoms with Crippen molar-refractivity contribution in [2.75, 3.05) is 37.2 Å². The van der Waals surface area contributed by atoms with E-state index in [2.05, 4.69) is 10.1 Å². The molecule has 2 heterocycles. The molecule has 3 aliphatic rings. The number of fused-ring (bicyclic) bond motifs is 1. The smallest absolute Gasteiger partial charge is 0.406 e. The molecule has 2 aromatic rings. The molecule has 9 nitrogen and oxygen atoms in total. The van der Waals surface area contributed by atoms with Crippen LogP contribution in [0.15, 0.2) is 47.4 Å². The van der Waals surface area contributed by atoms with E-state index in [0.29, 0.717) is 43.7 Å². The Hall–Kier alpha value is -2.46. The number of amides is 2. The number of β-amino-alcohol motifs (C(OH)–C–C–N with tert-alkyl or cyclic N) is 1. The lowest BCUT2D eigenvalue weighted by atomic mass is 10.0. The van der Waals surface area contributed by atoms with Crippen molar-refractivity contribution in [2.45, 2.75) is 49.1 Å². The number of rotatable bonds is 9. The Morgan fingerprint density at radius 3 is 2.52 bits per heavy atom. The van der Waals surface area contributed by atoms with Crippen LogP contribution in [-0.4, -0.2) is 79.5 Å². The Morgan fingerprint density at radius 2 is 1.88 bits per heavy atom. The van der Waals surface area contributed by atoms with Crippen LogP contribution in [-0.2, 0) is 25.8 Å². The van der Waals surface area contributed by atoms with Crippen LogP contribution in [0.5, 0.6) is 5.75 Å². The number of aliphatic hydroxyl groups excluding tert-OH is 1. The normalized spacial score (nSPS) is 20.4. The van der Waals surface area contributed by atoms with Crippen molar-refractivity contribution in [3.05, 3.63) is 53.6 Å². The van der Waals surface area contributed by atoms with E-state index in [1.165, 1.54) is 36.4 Å². The average molecular weight is 650 g/mol. The highest BCUT2D eigenvalue weighted by Gasteiger charge is 2.36. The third kappa shape index (κ3) is 8.56. The fourth-order valence-electron chi connectivity index (χ4n) is 5.28. The number of halogens is 3. The molecule has 1 aliphatic carbocycles. The van der Waals surface area contributed by atoms with Gasteiger partial charge in [-0.2, -0.15) is 27.0 Å². The molecule has 232 valence electrons. The van der Waals surface area contributed by atoms with Crippen LogP contribution in [0.25, 0.3) is 0 Å². The van der Waals surface area contributed by atoms with Gasteiger partial charge in [0.15, 0.2) is 9.84 Å². The first-order chi connectivity index (χ1) is 18.9. The van der Waals surface area contributed by atoms with Gasteiger partial charge in [-0.25, -0.2) is 8.42 Å². The van der Waals surface area contributed by atoms with Gasteiger partial charge in [0.25, 0.3) is 0 Å². The van der Waals surface area contributed by atoms with Gasteiger partial charge in [0.2, 0.25) is 11.8 Å². The SMILES string of the molecule is O=C1CS(=O)(=O)c2ccc(CC(=O)N(CC3CC3)[C@H](CN3CC[C@@H](O)C3)c3cccc(OC(F)(F)F)c3)cc2N1.S.S. The molecule has 1 saturated heterocycles. The summed E-state index contributed by atoms with van der Waals surface area (Å²) in [4.78, 5) is 29.4. The maximum absolute atomic E-state index is 13.8. The lowest BCUT2D eigenvalue weighted by Gasteiger charge is -2.35. The second-order valence-electron chi connectivity index (χ2n) is 10.6. The first-order valence-electron chi connectivity index (χ1n) is 13.1. The highest BCUT2D eigenvalue weighted by atomic mass is 32.2. The molecule has 0 unspecified atom stereocenters. The molecule has 1 saturated carbocycles. The van der Waals surface area contributed by atoms with Gasteiger partial charge in [0, 0.05) is 26.2 Å². The molecule has 2 aromatic carbocycles. The van der Waals surface area contributed by atoms with Crippen molar-refractivity contribution >= 4 is 54.3 Å². The molecule has 0 bridgehead atoms. The van der Waals surface area contributed by atoms with E-state index in [9.17, 15) is 36.3 Å². The highest BCUT2D eigenvalue weighted by Crippen LogP contribution is 2.36. The zero-order valence-electron chi connectivity index (χ0n) is 22.6. The van der Waals surface area contributed by atoms with Crippen LogP contribution >= 0.6 is 27.0 Å². The maximum Gasteiger partial charge on any atom is 0.573 e. The Morgan fingerprint density at radius 1 is 1.14 bits per heavy atom. The monoisotopic (exact) mass is 649 g/mol. The van der Waals surface area contributed by atoms with Crippen molar-refractivity contribution in [1.29, 1.82) is 0 Å². The van der Waals surface area contributed by atoms with Gasteiger partial charge in [0.05, 0.1) is 29.1 Å². The molecule has 0 radical (unpaired) electrons. The van der Waals surface area contributed by atoms with Gasteiger partial charge in [-0.3, -0.25) is 14.5 Å². The van der Waals surface area contributed by atoms with E-state index >= 15 is 0 Å². The van der Waals surface area contributed by atoms with Gasteiger partial charge in [-0.05, 0) is 60.6 Å². The van der Waals surface area contributed by atoms with Gasteiger partial charge < -0.3 is 20.1 Å². The molecule has 2 amide bonds. The van der Waals surface area contributed by atoms with Crippen LogP contribution in [0, 0.1) is 5.92 Å². The van der Waals surface area contributed by atoms with Crippen molar-refractivity contribution in [2.24, 2.45) is 5.92 Å². The number of hydrogen-bond acceptors (Lipinski definition) is 7. The summed E-state index contributed by atoms with van der Waals surface area (Å²) in [6.45, 7) is 1.68. The van der Waals surface area contributed by atoms with E-state index in [1.807, 2.05) is 4.90 Å². The van der Waals surface area contributed by atoms with Crippen LogP contribution in [0.3, 0.4) is 0 Å². The zero-order valence-corrected chi connectivity index (χ0v) is 25.4. The first-order valence-corrected chi connectivity index (χ1v) is 14.7. The Kier molecular flexibility index (Phi) is 10.9. The van der Waals surface area contributed by atoms with E-state index < -0.39 is 40.0 Å². The molecule has 2 N–H and O–H groups in total. The molecule has 5 rings (SSSR count). The van der Waals surface area contributed by atoms with E-state index in [0.717, 1.165) is 12.8 Å². The number of likely N-dealkylation sites (tertiary alicyclic amines) is 1. The predicted octanol–water partition coefficient (Wildman–Crippen LogP) is 3.13. The van der Waals surface area contributed by atoms with E-state index in [-0.39, 0.29) is 61.6 Å². The summed E-state index contributed by atoms with van der Waals surface area (Å²) >= 11 is 0. The predicted molar refractivity (Wildman–Crippen MR) is 159 cm³/mol. The summed E-state index contributed by atoms with van der Waals surface area (Å²) in [6.07, 6.45) is -3.07. The number of carbonyl (C=O) groups excluding carboxylic acids is 2. The number of nitrogens with zero attached hydrogens (tertiary/aromatic N) is 2. The van der Waals surface area contributed by atoms with Gasteiger partial charge >= 0.3 is 6.36 Å². The molecule has 0 aromatic heterocycles. The van der Waals surface area contributed by atoms with Gasteiger partial charge in [0.1, 0.15) is 11.5 Å². The van der Waals surface area contributed by atoms with Crippen molar-refractivity contribution < 1.29 is 41.0 Å². The van der Waals surface area contributed by atoms with Crippen LogP contribution < -0.4 is 10.1 Å². The largest absolute Gasteiger partial charge is 0.573 e. The minimum atomic E-state index is -4.87. The third-order valence-corrected chi connectivity index (χ3v) is 9.00. The summed E-state index contributed by atoms with van der Waals surface area (Å²) in [6, 6.07) is 9.37. The third-order valence-electron chi connectivity index (χ3n) is 7.33. The number of nitrogens with one attached hydrogen (secondary N) is 1. The lowest BCUT2D eigenvalue weighted by molar-refractivity contribution is -0.274. The first kappa shape index (κ1) is 34.0. The molecule has 0 spiro atoms. The highest BCUT2D eigenvalue weighted by molar-refractivity contribution is 7.92. The Balaban J connectivity index is 0.00000242. The maximum atomic E-state index is 13.8. The molecule has 2 aliphatic heterocycles. The summed E-state index contributed by atoms with van der Waals surface area (Å²) in [7, 11) is -3.77. The fourth-order valence-corrected chi connectivity index (χ4v) is 6.57. The number of benzene rings is 2. The number of ether oxygens (including phenoxy) is 1. The second-order valence-corrected chi connectivity index (χ2v) is 12.6. The molecular formula is C27H34F3N3O6S3. The summed E-state index contributed by atoms with van der Waals surface area (Å²) < 4.78 is 67.8. The molecule has 2 atom stereocenters. The molecule has 42 heavy (non-hydrogen) atoms. The van der Waals surface area contributed by atoms with Crippen molar-refractivity contribution in [3.63, 3.8) is 0 Å². The number of carbonyl (C=O) groups is 2. The number of sulfone groups is 1. The average Bonchev–Trinajstić information content (AvgIpc) is 3.58. The van der Waals surface area contributed by atoms with Crippen LogP contribution in [0.2, 0.25) is 0 Å². The minimum Gasteiger partial charge on any atom is -0.406 e. The Bertz CT molecular complexity index is 1400. The number of aliphatic hydroxyl groups is 1. The molecular weight excluding hydrogens is 616 g/mol. The minimum absolute atomic E-state index is 0. The number of alkyl halides is 3. The van der Waals surface area contributed by atoms with Crippen LogP contribution in [0.4, 0.5) is 18.9 Å². The molecule has 2 fully saturated rings. The van der Waals surface area contributed by atoms with Crippen molar-refractivity contribution in [1.82, 2.24) is 9.80 Å². The van der Waals surface area contributed by atoms with E-state index in [4.69, 9.17) is 0 Å². The standard InChI is InChI=1S/C27H30F3N3O6S.2H2S/c28-27(29,30)39-21-3-1-2-19(12-21)23(15-32-9-8-20(34)14-32)33(13-17-4-5-17)26(36)11-18-6-7-24-22(10-18)31-25(35)16-40(24,37)38;;/h1-3,6-7,10,12,17,20,23,34H,4-5,8-9,11,13-16H2,(H,31,35);2*1H2/t20-,23-;;/m1../s1.